The first-order valence-corrected chi connectivity index (χ1v) is 8.62. The van der Waals surface area contributed by atoms with E-state index in [-0.39, 0.29) is 17.1 Å². The number of ether oxygens (including phenoxy) is 2. The fourth-order valence-corrected chi connectivity index (χ4v) is 3.10. The van der Waals surface area contributed by atoms with Crippen molar-refractivity contribution < 1.29 is 23.8 Å². The van der Waals surface area contributed by atoms with E-state index in [1.54, 1.807) is 18.2 Å². The molecule has 2 aromatic rings. The molecule has 0 spiro atoms. The molecule has 1 N–H and O–H groups in total. The summed E-state index contributed by atoms with van der Waals surface area (Å²) in [5.41, 5.74) is 1.41. The fraction of sp³-hybridized carbons (Fsp3) is 0.211. The van der Waals surface area contributed by atoms with Crippen LogP contribution in [-0.4, -0.2) is 24.1 Å². The second-order valence-electron chi connectivity index (χ2n) is 5.52. The van der Waals surface area contributed by atoms with Gasteiger partial charge in [0.1, 0.15) is 11.6 Å². The van der Waals surface area contributed by atoms with Crippen LogP contribution in [0.2, 0.25) is 0 Å². The third kappa shape index (κ3) is 3.69. The van der Waals surface area contributed by atoms with Crippen LogP contribution >= 0.6 is 15.9 Å². The van der Waals surface area contributed by atoms with Gasteiger partial charge in [0, 0.05) is 12.0 Å². The van der Waals surface area contributed by atoms with Crippen molar-refractivity contribution in [3.63, 3.8) is 0 Å². The van der Waals surface area contributed by atoms with Crippen LogP contribution in [0.4, 0.5) is 4.39 Å². The summed E-state index contributed by atoms with van der Waals surface area (Å²) in [5.74, 6) is -0.0340. The summed E-state index contributed by atoms with van der Waals surface area (Å²) < 4.78 is 24.9. The van der Waals surface area contributed by atoms with Crippen LogP contribution in [0.15, 0.2) is 40.4 Å². The second-order valence-corrected chi connectivity index (χ2v) is 6.37. The zero-order valence-corrected chi connectivity index (χ0v) is 15.1. The van der Waals surface area contributed by atoms with Gasteiger partial charge < -0.3 is 14.6 Å². The number of hydrogen-bond acceptors (Lipinski definition) is 4. The Morgan fingerprint density at radius 3 is 2.92 bits per heavy atom. The quantitative estimate of drug-likeness (QED) is 0.747. The van der Waals surface area contributed by atoms with Crippen molar-refractivity contribution >= 4 is 27.8 Å². The lowest BCUT2D eigenvalue weighted by Crippen LogP contribution is -2.03. The summed E-state index contributed by atoms with van der Waals surface area (Å²) in [6.07, 6.45) is 2.11. The van der Waals surface area contributed by atoms with Gasteiger partial charge in [0.15, 0.2) is 17.3 Å². The first-order chi connectivity index (χ1) is 12.0. The second kappa shape index (κ2) is 7.27. The Kier molecular flexibility index (Phi) is 5.08. The first-order valence-electron chi connectivity index (χ1n) is 7.82. The van der Waals surface area contributed by atoms with Crippen LogP contribution in [0, 0.1) is 5.82 Å². The molecule has 6 heteroatoms. The molecule has 0 amide bonds. The Balaban J connectivity index is 2.02. The van der Waals surface area contributed by atoms with Crippen molar-refractivity contribution in [3.05, 3.63) is 57.3 Å². The maximum Gasteiger partial charge on any atom is 0.192 e. The highest BCUT2D eigenvalue weighted by molar-refractivity contribution is 9.10. The minimum Gasteiger partial charge on any atom is -0.503 e. The average Bonchev–Trinajstić information content (AvgIpc) is 2.72. The molecule has 1 aliphatic heterocycles. The molecule has 0 aromatic heterocycles. The number of phenolic OH excluding ortho intramolecular Hbond substituents is 1. The molecule has 130 valence electrons. The Morgan fingerprint density at radius 2 is 2.16 bits per heavy atom. The van der Waals surface area contributed by atoms with Gasteiger partial charge in [-0.3, -0.25) is 4.79 Å². The highest BCUT2D eigenvalue weighted by Crippen LogP contribution is 2.37. The van der Waals surface area contributed by atoms with Crippen molar-refractivity contribution in [1.82, 2.24) is 0 Å². The predicted molar refractivity (Wildman–Crippen MR) is 95.8 cm³/mol. The van der Waals surface area contributed by atoms with Crippen molar-refractivity contribution in [2.75, 3.05) is 13.2 Å². The molecule has 0 fully saturated rings. The van der Waals surface area contributed by atoms with Gasteiger partial charge in [0.05, 0.1) is 23.2 Å². The van der Waals surface area contributed by atoms with E-state index >= 15 is 0 Å². The molecule has 0 saturated heterocycles. The molecule has 0 saturated carbocycles. The van der Waals surface area contributed by atoms with Crippen LogP contribution in [0.25, 0.3) is 6.08 Å². The van der Waals surface area contributed by atoms with Crippen molar-refractivity contribution in [3.8, 4) is 17.2 Å². The Morgan fingerprint density at radius 1 is 1.36 bits per heavy atom. The van der Waals surface area contributed by atoms with E-state index in [9.17, 15) is 14.3 Å². The normalized spacial score (nSPS) is 15.5. The minimum atomic E-state index is -0.483. The number of aromatic hydroxyl groups is 1. The summed E-state index contributed by atoms with van der Waals surface area (Å²) in [6, 6.07) is 7.27. The molecule has 0 bridgehead atoms. The number of halogens is 2. The fourth-order valence-electron chi connectivity index (χ4n) is 2.64. The number of benzene rings is 2. The van der Waals surface area contributed by atoms with Crippen LogP contribution in [0.3, 0.4) is 0 Å². The highest BCUT2D eigenvalue weighted by atomic mass is 79.9. The largest absolute Gasteiger partial charge is 0.503 e. The summed E-state index contributed by atoms with van der Waals surface area (Å²) in [5, 5.41) is 10.00. The molecule has 0 unspecified atom stereocenters. The van der Waals surface area contributed by atoms with E-state index in [0.717, 1.165) is 0 Å². The van der Waals surface area contributed by atoms with Crippen molar-refractivity contribution in [2.45, 2.75) is 13.3 Å². The molecule has 25 heavy (non-hydrogen) atoms. The van der Waals surface area contributed by atoms with Crippen LogP contribution in [-0.2, 0) is 0 Å². The molecular formula is C19H16BrFO4. The van der Waals surface area contributed by atoms with Gasteiger partial charge in [0.2, 0.25) is 0 Å². The lowest BCUT2D eigenvalue weighted by Gasteiger charge is -2.09. The molecule has 2 aromatic carbocycles. The summed E-state index contributed by atoms with van der Waals surface area (Å²) in [7, 11) is 0. The number of phenols is 1. The van der Waals surface area contributed by atoms with Crippen LogP contribution in [0.1, 0.15) is 29.3 Å². The number of Topliss-reactive ketones (excluding diaryl/α,β-unsaturated/α-hetero) is 1. The lowest BCUT2D eigenvalue weighted by molar-refractivity contribution is 0.103. The zero-order chi connectivity index (χ0) is 18.0. The summed E-state index contributed by atoms with van der Waals surface area (Å²) in [6.45, 7) is 2.54. The number of hydrogen-bond donors (Lipinski definition) is 1. The van der Waals surface area contributed by atoms with Gasteiger partial charge in [-0.2, -0.15) is 0 Å². The molecule has 0 radical (unpaired) electrons. The van der Waals surface area contributed by atoms with E-state index in [4.69, 9.17) is 9.47 Å². The van der Waals surface area contributed by atoms with Gasteiger partial charge in [-0.15, -0.1) is 0 Å². The topological polar surface area (TPSA) is 55.8 Å². The predicted octanol–water partition coefficient (Wildman–Crippen LogP) is 4.74. The van der Waals surface area contributed by atoms with Gasteiger partial charge in [0.25, 0.3) is 0 Å². The molecule has 1 aliphatic rings. The summed E-state index contributed by atoms with van der Waals surface area (Å²) in [4.78, 5) is 12.7. The van der Waals surface area contributed by atoms with Crippen molar-refractivity contribution in [2.24, 2.45) is 0 Å². The number of ketones is 1. The standard InChI is InChI=1S/C19H16BrFO4/c1-2-24-17-9-11(8-15(20)19(17)23)7-12-5-6-25-16-4-3-13(21)10-14(16)18(12)22/h3-4,7-10,23H,2,5-6H2,1H3. The van der Waals surface area contributed by atoms with Gasteiger partial charge in [-0.05, 0) is 64.8 Å². The average molecular weight is 407 g/mol. The Labute approximate surface area is 153 Å². The van der Waals surface area contributed by atoms with E-state index in [1.165, 1.54) is 18.2 Å². The van der Waals surface area contributed by atoms with Crippen LogP contribution < -0.4 is 9.47 Å². The number of carbonyl (C=O) groups is 1. The molecule has 1 heterocycles. The third-order valence-corrected chi connectivity index (χ3v) is 4.40. The van der Waals surface area contributed by atoms with Gasteiger partial charge in [-0.25, -0.2) is 4.39 Å². The van der Waals surface area contributed by atoms with E-state index in [1.807, 2.05) is 6.92 Å². The molecule has 0 atom stereocenters. The number of fused-ring (bicyclic) bond motifs is 1. The monoisotopic (exact) mass is 406 g/mol. The SMILES string of the molecule is CCOc1cc(C=C2CCOc3ccc(F)cc3C2=O)cc(Br)c1O. The van der Waals surface area contributed by atoms with E-state index in [0.29, 0.717) is 46.7 Å². The molecule has 3 rings (SSSR count). The first kappa shape index (κ1) is 17.5. The minimum absolute atomic E-state index is 0.00643. The van der Waals surface area contributed by atoms with Crippen molar-refractivity contribution in [1.29, 1.82) is 0 Å². The smallest absolute Gasteiger partial charge is 0.192 e. The van der Waals surface area contributed by atoms with Gasteiger partial charge in [-0.1, -0.05) is 0 Å². The van der Waals surface area contributed by atoms with Crippen LogP contribution in [0.5, 0.6) is 17.2 Å². The van der Waals surface area contributed by atoms with E-state index < -0.39 is 5.82 Å². The molecule has 4 nitrogen and oxygen atoms in total. The maximum atomic E-state index is 13.5. The number of carbonyl (C=O) groups excluding carboxylic acids is 1. The van der Waals surface area contributed by atoms with Gasteiger partial charge >= 0.3 is 0 Å². The zero-order valence-electron chi connectivity index (χ0n) is 13.5. The summed E-state index contributed by atoms with van der Waals surface area (Å²) >= 11 is 3.28. The molecule has 0 aliphatic carbocycles. The maximum absolute atomic E-state index is 13.5. The molecular weight excluding hydrogens is 391 g/mol. The third-order valence-electron chi connectivity index (χ3n) is 3.80. The highest BCUT2D eigenvalue weighted by Gasteiger charge is 2.22. The van der Waals surface area contributed by atoms with E-state index in [2.05, 4.69) is 15.9 Å². The number of rotatable bonds is 3. The lowest BCUT2D eigenvalue weighted by atomic mass is 9.99. The Bertz CT molecular complexity index is 861. The Hall–Kier alpha value is -2.34.